The van der Waals surface area contributed by atoms with Crippen LogP contribution in [0.2, 0.25) is 0 Å². The Hall–Kier alpha value is -1.08. The van der Waals surface area contributed by atoms with Gasteiger partial charge in [0.25, 0.3) is 5.91 Å². The highest BCUT2D eigenvalue weighted by atomic mass is 32.2. The second-order valence-electron chi connectivity index (χ2n) is 3.49. The molecule has 1 atom stereocenters. The summed E-state index contributed by atoms with van der Waals surface area (Å²) in [6.45, 7) is 3.01. The summed E-state index contributed by atoms with van der Waals surface area (Å²) in [4.78, 5) is 11.7. The largest absolute Gasteiger partial charge is 0.347 e. The van der Waals surface area contributed by atoms with Crippen molar-refractivity contribution in [1.29, 1.82) is 0 Å². The number of aromatic nitrogens is 3. The second kappa shape index (κ2) is 6.49. The fourth-order valence-corrected chi connectivity index (χ4v) is 1.82. The van der Waals surface area contributed by atoms with E-state index in [0.717, 1.165) is 5.75 Å². The van der Waals surface area contributed by atoms with Gasteiger partial charge in [-0.2, -0.15) is 11.8 Å². The van der Waals surface area contributed by atoms with E-state index >= 15 is 0 Å². The molecule has 90 valence electrons. The number of nitrogens with one attached hydrogen (secondary N) is 1. The molecule has 1 rings (SSSR count). The van der Waals surface area contributed by atoms with E-state index in [9.17, 15) is 4.79 Å². The first-order chi connectivity index (χ1) is 7.67. The van der Waals surface area contributed by atoms with Crippen LogP contribution in [0.25, 0.3) is 0 Å². The molecule has 1 aromatic rings. The zero-order chi connectivity index (χ0) is 12.0. The predicted molar refractivity (Wildman–Crippen MR) is 64.4 cm³/mol. The van der Waals surface area contributed by atoms with E-state index in [4.69, 9.17) is 5.73 Å². The minimum Gasteiger partial charge on any atom is -0.347 e. The standard InChI is InChI=1S/C9H17N5OS/c1-7(6-16-2)11-9(15)8-5-14(4-3-10)13-12-8/h5,7H,3-4,6,10H2,1-2H3,(H,11,15). The molecule has 0 aromatic carbocycles. The molecule has 0 bridgehead atoms. The Morgan fingerprint density at radius 3 is 3.12 bits per heavy atom. The van der Waals surface area contributed by atoms with Crippen LogP contribution >= 0.6 is 11.8 Å². The Morgan fingerprint density at radius 1 is 1.75 bits per heavy atom. The van der Waals surface area contributed by atoms with Gasteiger partial charge in [0, 0.05) is 18.3 Å². The maximum Gasteiger partial charge on any atom is 0.273 e. The molecule has 0 spiro atoms. The van der Waals surface area contributed by atoms with E-state index in [2.05, 4.69) is 15.6 Å². The van der Waals surface area contributed by atoms with Crippen molar-refractivity contribution < 1.29 is 4.79 Å². The van der Waals surface area contributed by atoms with Gasteiger partial charge in [0.05, 0.1) is 12.7 Å². The zero-order valence-corrected chi connectivity index (χ0v) is 10.3. The summed E-state index contributed by atoms with van der Waals surface area (Å²) >= 11 is 1.69. The second-order valence-corrected chi connectivity index (χ2v) is 4.40. The minimum absolute atomic E-state index is 0.127. The van der Waals surface area contributed by atoms with E-state index in [0.29, 0.717) is 18.8 Å². The molecule has 1 heterocycles. The molecule has 1 aromatic heterocycles. The average Bonchev–Trinajstić information content (AvgIpc) is 2.67. The summed E-state index contributed by atoms with van der Waals surface area (Å²) in [7, 11) is 0. The molecule has 0 saturated heterocycles. The van der Waals surface area contributed by atoms with Gasteiger partial charge in [0.1, 0.15) is 0 Å². The van der Waals surface area contributed by atoms with Gasteiger partial charge < -0.3 is 11.1 Å². The fourth-order valence-electron chi connectivity index (χ4n) is 1.23. The molecule has 3 N–H and O–H groups in total. The number of thioether (sulfide) groups is 1. The van der Waals surface area contributed by atoms with Crippen LogP contribution in [0.1, 0.15) is 17.4 Å². The smallest absolute Gasteiger partial charge is 0.273 e. The molecule has 1 amide bonds. The van der Waals surface area contributed by atoms with Gasteiger partial charge in [0.2, 0.25) is 0 Å². The lowest BCUT2D eigenvalue weighted by Gasteiger charge is -2.10. The van der Waals surface area contributed by atoms with E-state index in [-0.39, 0.29) is 11.9 Å². The van der Waals surface area contributed by atoms with E-state index in [1.54, 1.807) is 22.6 Å². The van der Waals surface area contributed by atoms with Crippen LogP contribution in [0.3, 0.4) is 0 Å². The molecule has 0 saturated carbocycles. The van der Waals surface area contributed by atoms with Crippen LogP contribution in [-0.2, 0) is 6.54 Å². The van der Waals surface area contributed by atoms with E-state index in [1.165, 1.54) is 0 Å². The van der Waals surface area contributed by atoms with Gasteiger partial charge in [-0.05, 0) is 13.2 Å². The molecule has 7 heteroatoms. The highest BCUT2D eigenvalue weighted by Gasteiger charge is 2.12. The minimum atomic E-state index is -0.190. The van der Waals surface area contributed by atoms with Gasteiger partial charge in [-0.25, -0.2) is 0 Å². The van der Waals surface area contributed by atoms with Crippen LogP contribution in [0.15, 0.2) is 6.20 Å². The third-order valence-electron chi connectivity index (χ3n) is 1.92. The van der Waals surface area contributed by atoms with Crippen molar-refractivity contribution in [2.24, 2.45) is 5.73 Å². The Balaban J connectivity index is 2.52. The monoisotopic (exact) mass is 243 g/mol. The number of hydrogen-bond donors (Lipinski definition) is 2. The van der Waals surface area contributed by atoms with Crippen LogP contribution < -0.4 is 11.1 Å². The number of carbonyl (C=O) groups excluding carboxylic acids is 1. The third kappa shape index (κ3) is 3.82. The topological polar surface area (TPSA) is 85.8 Å². The average molecular weight is 243 g/mol. The van der Waals surface area contributed by atoms with E-state index in [1.807, 2.05) is 13.2 Å². The lowest BCUT2D eigenvalue weighted by molar-refractivity contribution is 0.0938. The van der Waals surface area contributed by atoms with Gasteiger partial charge in [-0.3, -0.25) is 9.48 Å². The summed E-state index contributed by atoms with van der Waals surface area (Å²) in [5.74, 6) is 0.688. The summed E-state index contributed by atoms with van der Waals surface area (Å²) in [5.41, 5.74) is 5.71. The molecule has 16 heavy (non-hydrogen) atoms. The van der Waals surface area contributed by atoms with Crippen LogP contribution in [-0.4, -0.2) is 45.5 Å². The summed E-state index contributed by atoms with van der Waals surface area (Å²) in [6.07, 6.45) is 3.61. The molecular weight excluding hydrogens is 226 g/mol. The molecule has 0 aliphatic heterocycles. The maximum atomic E-state index is 11.7. The Bertz CT molecular complexity index is 340. The normalized spacial score (nSPS) is 12.4. The molecule has 0 fully saturated rings. The molecule has 0 radical (unpaired) electrons. The van der Waals surface area contributed by atoms with Gasteiger partial charge in [-0.15, -0.1) is 5.10 Å². The van der Waals surface area contributed by atoms with Crippen molar-refractivity contribution in [3.05, 3.63) is 11.9 Å². The van der Waals surface area contributed by atoms with E-state index < -0.39 is 0 Å². The van der Waals surface area contributed by atoms with Gasteiger partial charge >= 0.3 is 0 Å². The van der Waals surface area contributed by atoms with Gasteiger partial charge in [0.15, 0.2) is 5.69 Å². The maximum absolute atomic E-state index is 11.7. The summed E-state index contributed by atoms with van der Waals surface area (Å²) in [6, 6.07) is 0.127. The molecule has 0 aliphatic rings. The molecular formula is C9H17N5OS. The number of carbonyl (C=O) groups is 1. The predicted octanol–water partition coefficient (Wildman–Crippen LogP) is -0.282. The number of rotatable bonds is 6. The number of nitrogens with zero attached hydrogens (tertiary/aromatic N) is 3. The number of amides is 1. The lowest BCUT2D eigenvalue weighted by atomic mass is 10.3. The highest BCUT2D eigenvalue weighted by molar-refractivity contribution is 7.98. The van der Waals surface area contributed by atoms with Gasteiger partial charge in [-0.1, -0.05) is 5.21 Å². The van der Waals surface area contributed by atoms with Crippen molar-refractivity contribution in [3.8, 4) is 0 Å². The summed E-state index contributed by atoms with van der Waals surface area (Å²) < 4.78 is 1.56. The number of nitrogens with two attached hydrogens (primary N) is 1. The number of hydrogen-bond acceptors (Lipinski definition) is 5. The molecule has 0 aliphatic carbocycles. The van der Waals surface area contributed by atoms with Crippen molar-refractivity contribution >= 4 is 17.7 Å². The SMILES string of the molecule is CSCC(C)NC(=O)c1cn(CCN)nn1. The highest BCUT2D eigenvalue weighted by Crippen LogP contribution is 1.98. The quantitative estimate of drug-likeness (QED) is 0.717. The lowest BCUT2D eigenvalue weighted by Crippen LogP contribution is -2.34. The van der Waals surface area contributed by atoms with Crippen LogP contribution in [0.4, 0.5) is 0 Å². The summed E-state index contributed by atoms with van der Waals surface area (Å²) in [5, 5.41) is 10.4. The molecule has 1 unspecified atom stereocenters. The van der Waals surface area contributed by atoms with Crippen molar-refractivity contribution in [1.82, 2.24) is 20.3 Å². The third-order valence-corrected chi connectivity index (χ3v) is 2.76. The molecule has 6 nitrogen and oxygen atoms in total. The van der Waals surface area contributed by atoms with Crippen molar-refractivity contribution in [2.45, 2.75) is 19.5 Å². The fraction of sp³-hybridized carbons (Fsp3) is 0.667. The zero-order valence-electron chi connectivity index (χ0n) is 9.51. The first-order valence-corrected chi connectivity index (χ1v) is 6.46. The Kier molecular flexibility index (Phi) is 5.27. The Morgan fingerprint density at radius 2 is 2.50 bits per heavy atom. The van der Waals surface area contributed by atoms with Crippen LogP contribution in [0.5, 0.6) is 0 Å². The van der Waals surface area contributed by atoms with Crippen LogP contribution in [0, 0.1) is 0 Å². The Labute approximate surface area is 99.0 Å². The first-order valence-electron chi connectivity index (χ1n) is 5.07. The first kappa shape index (κ1) is 13.0. The van der Waals surface area contributed by atoms with Crippen molar-refractivity contribution in [2.75, 3.05) is 18.6 Å². The van der Waals surface area contributed by atoms with Crippen molar-refractivity contribution in [3.63, 3.8) is 0 Å².